The third-order valence-corrected chi connectivity index (χ3v) is 3.91. The molecular weight excluding hydrogens is 286 g/mol. The second-order valence-corrected chi connectivity index (χ2v) is 5.84. The molecule has 0 saturated carbocycles. The van der Waals surface area contributed by atoms with Crippen molar-refractivity contribution in [1.82, 2.24) is 0 Å². The van der Waals surface area contributed by atoms with Gasteiger partial charge in [0.05, 0.1) is 24.9 Å². The maximum Gasteiger partial charge on any atom is 0.143 e. The first-order valence-corrected chi connectivity index (χ1v) is 8.18. The van der Waals surface area contributed by atoms with E-state index in [4.69, 9.17) is 21.1 Å². The molecule has 1 atom stereocenters. The molecule has 0 aliphatic heterocycles. The van der Waals surface area contributed by atoms with Crippen LogP contribution in [0.25, 0.3) is 0 Å². The number of rotatable bonds is 10. The van der Waals surface area contributed by atoms with Gasteiger partial charge in [-0.1, -0.05) is 50.6 Å². The van der Waals surface area contributed by atoms with Crippen LogP contribution in [0.1, 0.15) is 52.4 Å². The van der Waals surface area contributed by atoms with Crippen molar-refractivity contribution < 1.29 is 9.47 Å². The van der Waals surface area contributed by atoms with Crippen LogP contribution in [-0.2, 0) is 0 Å². The standard InChI is InChI=1S/C17H28ClNO2/c1-5-6-7-8-9-10-13(2)19-15-12-16(20-3)14(18)11-17(15)21-4/h11-13,19H,5-10H2,1-4H3. The molecule has 1 aromatic carbocycles. The van der Waals surface area contributed by atoms with Gasteiger partial charge in [-0.2, -0.15) is 0 Å². The van der Waals surface area contributed by atoms with Crippen molar-refractivity contribution in [3.63, 3.8) is 0 Å². The first-order chi connectivity index (χ1) is 10.1. The van der Waals surface area contributed by atoms with E-state index in [-0.39, 0.29) is 0 Å². The van der Waals surface area contributed by atoms with Crippen molar-refractivity contribution in [2.45, 2.75) is 58.4 Å². The number of halogens is 1. The molecule has 0 amide bonds. The quantitative estimate of drug-likeness (QED) is 0.577. The molecule has 1 unspecified atom stereocenters. The van der Waals surface area contributed by atoms with Gasteiger partial charge in [0, 0.05) is 18.2 Å². The van der Waals surface area contributed by atoms with Crippen LogP contribution in [0, 0.1) is 0 Å². The molecule has 0 saturated heterocycles. The summed E-state index contributed by atoms with van der Waals surface area (Å²) in [6.07, 6.45) is 7.67. The minimum absolute atomic E-state index is 0.395. The van der Waals surface area contributed by atoms with Gasteiger partial charge in [-0.25, -0.2) is 0 Å². The summed E-state index contributed by atoms with van der Waals surface area (Å²) in [5.41, 5.74) is 0.930. The Hall–Kier alpha value is -1.09. The molecule has 0 aliphatic carbocycles. The molecule has 0 heterocycles. The first-order valence-electron chi connectivity index (χ1n) is 7.80. The van der Waals surface area contributed by atoms with Crippen LogP contribution in [-0.4, -0.2) is 20.3 Å². The monoisotopic (exact) mass is 313 g/mol. The molecule has 21 heavy (non-hydrogen) atoms. The molecule has 0 aliphatic rings. The Morgan fingerprint density at radius 2 is 1.71 bits per heavy atom. The van der Waals surface area contributed by atoms with Crippen LogP contribution < -0.4 is 14.8 Å². The highest BCUT2D eigenvalue weighted by Crippen LogP contribution is 2.36. The zero-order valence-electron chi connectivity index (χ0n) is 13.7. The Morgan fingerprint density at radius 1 is 1.05 bits per heavy atom. The normalized spacial score (nSPS) is 12.0. The van der Waals surface area contributed by atoms with Gasteiger partial charge in [-0.15, -0.1) is 0 Å². The lowest BCUT2D eigenvalue weighted by Gasteiger charge is -2.19. The highest BCUT2D eigenvalue weighted by atomic mass is 35.5. The van der Waals surface area contributed by atoms with Gasteiger partial charge in [0.15, 0.2) is 0 Å². The maximum atomic E-state index is 6.12. The molecule has 4 heteroatoms. The lowest BCUT2D eigenvalue weighted by molar-refractivity contribution is 0.404. The van der Waals surface area contributed by atoms with Gasteiger partial charge in [0.1, 0.15) is 11.5 Å². The average Bonchev–Trinajstić information content (AvgIpc) is 2.48. The molecule has 1 aromatic rings. The number of unbranched alkanes of at least 4 members (excludes halogenated alkanes) is 4. The van der Waals surface area contributed by atoms with E-state index in [2.05, 4.69) is 19.2 Å². The fourth-order valence-corrected chi connectivity index (χ4v) is 2.60. The predicted molar refractivity (Wildman–Crippen MR) is 91.0 cm³/mol. The van der Waals surface area contributed by atoms with E-state index in [1.54, 1.807) is 20.3 Å². The van der Waals surface area contributed by atoms with Crippen molar-refractivity contribution in [1.29, 1.82) is 0 Å². The minimum atomic E-state index is 0.395. The van der Waals surface area contributed by atoms with Gasteiger partial charge in [0.25, 0.3) is 0 Å². The Kier molecular flexibility index (Phi) is 8.36. The first kappa shape index (κ1) is 18.0. The van der Waals surface area contributed by atoms with Crippen LogP contribution in [0.3, 0.4) is 0 Å². The number of anilines is 1. The number of nitrogens with one attached hydrogen (secondary N) is 1. The van der Waals surface area contributed by atoms with Crippen molar-refractivity contribution in [3.05, 3.63) is 17.2 Å². The van der Waals surface area contributed by atoms with E-state index in [0.29, 0.717) is 16.8 Å². The van der Waals surface area contributed by atoms with E-state index in [9.17, 15) is 0 Å². The molecular formula is C17H28ClNO2. The molecule has 0 aromatic heterocycles. The molecule has 3 nitrogen and oxygen atoms in total. The molecule has 120 valence electrons. The molecule has 0 spiro atoms. The summed E-state index contributed by atoms with van der Waals surface area (Å²) in [4.78, 5) is 0. The molecule has 0 fully saturated rings. The van der Waals surface area contributed by atoms with Crippen LogP contribution in [0.4, 0.5) is 5.69 Å². The summed E-state index contributed by atoms with van der Waals surface area (Å²) in [6.45, 7) is 4.44. The van der Waals surface area contributed by atoms with E-state index in [1.165, 1.54) is 32.1 Å². The zero-order chi connectivity index (χ0) is 15.7. The van der Waals surface area contributed by atoms with Crippen molar-refractivity contribution in [2.75, 3.05) is 19.5 Å². The van der Waals surface area contributed by atoms with E-state index in [1.807, 2.05) is 6.07 Å². The number of benzene rings is 1. The van der Waals surface area contributed by atoms with Gasteiger partial charge in [0.2, 0.25) is 0 Å². The Labute approximate surface area is 134 Å². The Balaban J connectivity index is 2.56. The lowest BCUT2D eigenvalue weighted by Crippen LogP contribution is -2.15. The van der Waals surface area contributed by atoms with Crippen LogP contribution in [0.2, 0.25) is 5.02 Å². The van der Waals surface area contributed by atoms with Gasteiger partial charge >= 0.3 is 0 Å². The lowest BCUT2D eigenvalue weighted by atomic mass is 10.1. The topological polar surface area (TPSA) is 30.5 Å². The van der Waals surface area contributed by atoms with Crippen LogP contribution in [0.5, 0.6) is 11.5 Å². The Bertz CT molecular complexity index is 423. The molecule has 0 radical (unpaired) electrons. The van der Waals surface area contributed by atoms with Crippen LogP contribution >= 0.6 is 11.6 Å². The SMILES string of the molecule is CCCCCCCC(C)Nc1cc(OC)c(Cl)cc1OC. The number of hydrogen-bond donors (Lipinski definition) is 1. The number of hydrogen-bond acceptors (Lipinski definition) is 3. The second-order valence-electron chi connectivity index (χ2n) is 5.44. The van der Waals surface area contributed by atoms with Gasteiger partial charge in [-0.3, -0.25) is 0 Å². The summed E-state index contributed by atoms with van der Waals surface area (Å²) in [5, 5.41) is 4.05. The molecule has 1 rings (SSSR count). The van der Waals surface area contributed by atoms with E-state index < -0.39 is 0 Å². The summed E-state index contributed by atoms with van der Waals surface area (Å²) in [5.74, 6) is 1.41. The summed E-state index contributed by atoms with van der Waals surface area (Å²) < 4.78 is 10.6. The van der Waals surface area contributed by atoms with Crippen molar-refractivity contribution in [3.8, 4) is 11.5 Å². The number of ether oxygens (including phenoxy) is 2. The van der Waals surface area contributed by atoms with E-state index in [0.717, 1.165) is 17.9 Å². The molecule has 0 bridgehead atoms. The Morgan fingerprint density at radius 3 is 2.33 bits per heavy atom. The highest BCUT2D eigenvalue weighted by molar-refractivity contribution is 6.32. The van der Waals surface area contributed by atoms with Gasteiger partial charge in [-0.05, 0) is 13.3 Å². The predicted octanol–water partition coefficient (Wildman–Crippen LogP) is 5.52. The third-order valence-electron chi connectivity index (χ3n) is 3.62. The smallest absolute Gasteiger partial charge is 0.143 e. The fraction of sp³-hybridized carbons (Fsp3) is 0.647. The van der Waals surface area contributed by atoms with Gasteiger partial charge < -0.3 is 14.8 Å². The van der Waals surface area contributed by atoms with Crippen molar-refractivity contribution in [2.24, 2.45) is 0 Å². The second kappa shape index (κ2) is 9.78. The highest BCUT2D eigenvalue weighted by Gasteiger charge is 2.12. The zero-order valence-corrected chi connectivity index (χ0v) is 14.4. The summed E-state index contributed by atoms with van der Waals surface area (Å²) in [7, 11) is 3.27. The average molecular weight is 314 g/mol. The molecule has 1 N–H and O–H groups in total. The fourth-order valence-electron chi connectivity index (χ4n) is 2.36. The summed E-state index contributed by atoms with van der Waals surface area (Å²) in [6, 6.07) is 4.08. The third kappa shape index (κ3) is 6.04. The largest absolute Gasteiger partial charge is 0.495 e. The summed E-state index contributed by atoms with van der Waals surface area (Å²) >= 11 is 6.12. The van der Waals surface area contributed by atoms with Crippen molar-refractivity contribution >= 4 is 17.3 Å². The van der Waals surface area contributed by atoms with E-state index >= 15 is 0 Å². The maximum absolute atomic E-state index is 6.12. The number of methoxy groups -OCH3 is 2. The minimum Gasteiger partial charge on any atom is -0.495 e. The van der Waals surface area contributed by atoms with Crippen LogP contribution in [0.15, 0.2) is 12.1 Å².